The summed E-state index contributed by atoms with van der Waals surface area (Å²) in [5.41, 5.74) is -0.395. The lowest BCUT2D eigenvalue weighted by atomic mass is 9.61. The number of imide groups is 1. The Hall–Kier alpha value is -1.37. The highest BCUT2D eigenvalue weighted by molar-refractivity contribution is 6.06. The fourth-order valence-electron chi connectivity index (χ4n) is 4.42. The van der Waals surface area contributed by atoms with E-state index in [9.17, 15) is 14.9 Å². The normalized spacial score (nSPS) is 47.2. The van der Waals surface area contributed by atoms with Gasteiger partial charge in [0.2, 0.25) is 11.8 Å². The molecule has 0 aromatic carbocycles. The Morgan fingerprint density at radius 3 is 2.59 bits per heavy atom. The van der Waals surface area contributed by atoms with Gasteiger partial charge < -0.3 is 0 Å². The number of nitriles is 1. The molecule has 5 atom stereocenters. The van der Waals surface area contributed by atoms with E-state index in [-0.39, 0.29) is 41.4 Å². The maximum atomic E-state index is 11.8. The van der Waals surface area contributed by atoms with Crippen molar-refractivity contribution in [1.29, 1.82) is 5.26 Å². The van der Waals surface area contributed by atoms with Crippen LogP contribution >= 0.6 is 0 Å². The van der Waals surface area contributed by atoms with Crippen LogP contribution < -0.4 is 5.32 Å². The Balaban J connectivity index is 2.03. The van der Waals surface area contributed by atoms with Crippen molar-refractivity contribution in [2.24, 2.45) is 35.0 Å². The zero-order valence-corrected chi connectivity index (χ0v) is 10.1. The summed E-state index contributed by atoms with van der Waals surface area (Å²) < 4.78 is 0. The maximum Gasteiger partial charge on any atom is 0.230 e. The summed E-state index contributed by atoms with van der Waals surface area (Å²) in [5, 5.41) is 11.9. The van der Waals surface area contributed by atoms with E-state index < -0.39 is 5.41 Å². The summed E-state index contributed by atoms with van der Waals surface area (Å²) in [6.45, 7) is 4.10. The first-order valence-corrected chi connectivity index (χ1v) is 6.27. The van der Waals surface area contributed by atoms with Crippen molar-refractivity contribution in [3.8, 4) is 6.07 Å². The second kappa shape index (κ2) is 3.10. The first-order chi connectivity index (χ1) is 8.01. The molecule has 17 heavy (non-hydrogen) atoms. The molecule has 0 aromatic rings. The molecule has 2 bridgehead atoms. The molecular formula is C13H16N2O2. The minimum Gasteiger partial charge on any atom is -0.296 e. The average Bonchev–Trinajstić information content (AvgIpc) is 2.89. The number of fused-ring (bicyclic) bond motifs is 5. The van der Waals surface area contributed by atoms with E-state index in [1.165, 1.54) is 0 Å². The molecule has 3 aliphatic rings. The molecule has 2 aliphatic carbocycles. The van der Waals surface area contributed by atoms with Gasteiger partial charge in [-0.1, -0.05) is 13.8 Å². The van der Waals surface area contributed by atoms with Gasteiger partial charge in [0.15, 0.2) is 0 Å². The van der Waals surface area contributed by atoms with Crippen molar-refractivity contribution in [1.82, 2.24) is 5.32 Å². The van der Waals surface area contributed by atoms with Crippen molar-refractivity contribution >= 4 is 11.8 Å². The zero-order chi connectivity index (χ0) is 12.4. The fraction of sp³-hybridized carbons (Fsp3) is 0.769. The van der Waals surface area contributed by atoms with E-state index in [0.29, 0.717) is 0 Å². The Morgan fingerprint density at radius 1 is 1.35 bits per heavy atom. The summed E-state index contributed by atoms with van der Waals surface area (Å²) in [6.07, 6.45) is 1.66. The summed E-state index contributed by atoms with van der Waals surface area (Å²) in [4.78, 5) is 23.6. The first kappa shape index (κ1) is 10.8. The molecule has 2 amide bonds. The lowest BCUT2D eigenvalue weighted by Crippen LogP contribution is -2.41. The van der Waals surface area contributed by atoms with Crippen LogP contribution in [0.5, 0.6) is 0 Å². The molecule has 0 radical (unpaired) electrons. The zero-order valence-electron chi connectivity index (χ0n) is 10.1. The molecular weight excluding hydrogens is 216 g/mol. The second-order valence-electron chi connectivity index (χ2n) is 6.02. The molecule has 90 valence electrons. The van der Waals surface area contributed by atoms with Crippen LogP contribution in [0.1, 0.15) is 26.7 Å². The number of hydrogen-bond acceptors (Lipinski definition) is 3. The largest absolute Gasteiger partial charge is 0.296 e. The van der Waals surface area contributed by atoms with Crippen LogP contribution in [0, 0.1) is 46.3 Å². The van der Waals surface area contributed by atoms with Crippen LogP contribution in [0.4, 0.5) is 0 Å². The van der Waals surface area contributed by atoms with Gasteiger partial charge >= 0.3 is 0 Å². The SMILES string of the molecule is CC(C)C1(C#N)CC2CC1C1C(=O)NC(=O)C21. The molecule has 3 rings (SSSR count). The van der Waals surface area contributed by atoms with Gasteiger partial charge in [-0.2, -0.15) is 5.26 Å². The van der Waals surface area contributed by atoms with Crippen molar-refractivity contribution in [3.05, 3.63) is 0 Å². The van der Waals surface area contributed by atoms with E-state index in [1.54, 1.807) is 0 Å². The van der Waals surface area contributed by atoms with E-state index >= 15 is 0 Å². The van der Waals surface area contributed by atoms with Gasteiger partial charge in [0.05, 0.1) is 23.3 Å². The first-order valence-electron chi connectivity index (χ1n) is 6.27. The summed E-state index contributed by atoms with van der Waals surface area (Å²) in [5.74, 6) is -0.0781. The van der Waals surface area contributed by atoms with Crippen molar-refractivity contribution in [2.45, 2.75) is 26.7 Å². The third kappa shape index (κ3) is 1.07. The number of carbonyl (C=O) groups excluding carboxylic acids is 2. The van der Waals surface area contributed by atoms with Crippen molar-refractivity contribution in [3.63, 3.8) is 0 Å². The Labute approximate surface area is 100 Å². The number of hydrogen-bond donors (Lipinski definition) is 1. The van der Waals surface area contributed by atoms with Gasteiger partial charge in [0, 0.05) is 0 Å². The van der Waals surface area contributed by atoms with E-state index in [2.05, 4.69) is 11.4 Å². The van der Waals surface area contributed by atoms with Crippen LogP contribution in [-0.4, -0.2) is 11.8 Å². The van der Waals surface area contributed by atoms with E-state index in [1.807, 2.05) is 13.8 Å². The summed E-state index contributed by atoms with van der Waals surface area (Å²) in [7, 11) is 0. The highest BCUT2D eigenvalue weighted by atomic mass is 16.2. The Morgan fingerprint density at radius 2 is 2.00 bits per heavy atom. The van der Waals surface area contributed by atoms with Gasteiger partial charge in [-0.3, -0.25) is 14.9 Å². The summed E-state index contributed by atoms with van der Waals surface area (Å²) >= 11 is 0. The number of carbonyl (C=O) groups is 2. The van der Waals surface area contributed by atoms with Crippen LogP contribution in [0.3, 0.4) is 0 Å². The van der Waals surface area contributed by atoms with Gasteiger partial charge in [0.1, 0.15) is 0 Å². The lowest BCUT2D eigenvalue weighted by Gasteiger charge is -2.38. The van der Waals surface area contributed by atoms with Gasteiger partial charge in [-0.25, -0.2) is 0 Å². The minimum atomic E-state index is -0.395. The van der Waals surface area contributed by atoms with E-state index in [0.717, 1.165) is 12.8 Å². The van der Waals surface area contributed by atoms with Gasteiger partial charge in [-0.15, -0.1) is 0 Å². The maximum absolute atomic E-state index is 11.8. The molecule has 4 heteroatoms. The van der Waals surface area contributed by atoms with Crippen LogP contribution in [0.25, 0.3) is 0 Å². The standard InChI is InChI=1S/C13H16N2O2/c1-6(2)13(5-14)4-7-3-8(13)10-9(7)11(16)15-12(10)17/h6-10H,3-4H2,1-2H3,(H,15,16,17). The van der Waals surface area contributed by atoms with Crippen molar-refractivity contribution < 1.29 is 9.59 Å². The minimum absolute atomic E-state index is 0.0777. The molecule has 4 nitrogen and oxygen atoms in total. The third-order valence-electron chi connectivity index (χ3n) is 5.24. The van der Waals surface area contributed by atoms with Crippen LogP contribution in [-0.2, 0) is 9.59 Å². The topological polar surface area (TPSA) is 70.0 Å². The number of amides is 2. The van der Waals surface area contributed by atoms with E-state index in [4.69, 9.17) is 0 Å². The Bertz CT molecular complexity index is 451. The van der Waals surface area contributed by atoms with Gasteiger partial charge in [-0.05, 0) is 30.6 Å². The smallest absolute Gasteiger partial charge is 0.230 e. The number of nitrogens with one attached hydrogen (secondary N) is 1. The lowest BCUT2D eigenvalue weighted by molar-refractivity contribution is -0.127. The predicted octanol–water partition coefficient (Wildman–Crippen LogP) is 1.08. The number of nitrogens with zero attached hydrogens (tertiary/aromatic N) is 1. The third-order valence-corrected chi connectivity index (χ3v) is 5.24. The molecule has 1 N–H and O–H groups in total. The van der Waals surface area contributed by atoms with Crippen molar-refractivity contribution in [2.75, 3.05) is 0 Å². The molecule has 5 unspecified atom stereocenters. The molecule has 3 fully saturated rings. The Kier molecular flexibility index (Phi) is 1.96. The highest BCUT2D eigenvalue weighted by Crippen LogP contribution is 2.64. The predicted molar refractivity (Wildman–Crippen MR) is 59.2 cm³/mol. The quantitative estimate of drug-likeness (QED) is 0.688. The molecule has 2 saturated carbocycles. The molecule has 1 aliphatic heterocycles. The molecule has 1 saturated heterocycles. The average molecular weight is 232 g/mol. The molecule has 1 heterocycles. The summed E-state index contributed by atoms with van der Waals surface area (Å²) in [6, 6.07) is 2.47. The molecule has 0 spiro atoms. The van der Waals surface area contributed by atoms with Gasteiger partial charge in [0.25, 0.3) is 0 Å². The second-order valence-corrected chi connectivity index (χ2v) is 6.02. The highest BCUT2D eigenvalue weighted by Gasteiger charge is 2.67. The van der Waals surface area contributed by atoms with Crippen LogP contribution in [0.15, 0.2) is 0 Å². The van der Waals surface area contributed by atoms with Crippen LogP contribution in [0.2, 0.25) is 0 Å². The molecule has 0 aromatic heterocycles. The number of rotatable bonds is 1. The fourth-order valence-corrected chi connectivity index (χ4v) is 4.42. The monoisotopic (exact) mass is 232 g/mol.